The van der Waals surface area contributed by atoms with Crippen molar-refractivity contribution < 1.29 is 4.79 Å². The van der Waals surface area contributed by atoms with Crippen LogP contribution in [0.25, 0.3) is 5.57 Å². The van der Waals surface area contributed by atoms with E-state index in [1.165, 1.54) is 16.8 Å². The first-order valence-corrected chi connectivity index (χ1v) is 10.0. The molecule has 2 aromatic rings. The molecule has 4 heteroatoms. The number of Topliss-reactive ketones (excluding diaryl/α,β-unsaturated/α-hetero) is 1. The van der Waals surface area contributed by atoms with Crippen LogP contribution >= 0.6 is 0 Å². The van der Waals surface area contributed by atoms with E-state index in [1.54, 1.807) is 24.3 Å². The zero-order chi connectivity index (χ0) is 21.0. The Kier molecular flexibility index (Phi) is 3.82. The third-order valence-electron chi connectivity index (χ3n) is 6.44. The van der Waals surface area contributed by atoms with E-state index in [2.05, 4.69) is 36.9 Å². The van der Waals surface area contributed by atoms with Gasteiger partial charge in [-0.25, -0.2) is 0 Å². The highest BCUT2D eigenvalue weighted by Gasteiger charge is 2.43. The van der Waals surface area contributed by atoms with Crippen LogP contribution in [0.3, 0.4) is 0 Å². The van der Waals surface area contributed by atoms with Gasteiger partial charge in [-0.2, -0.15) is 10.5 Å². The van der Waals surface area contributed by atoms with Gasteiger partial charge in [0.15, 0.2) is 5.78 Å². The first kappa shape index (κ1) is 18.2. The molecule has 0 unspecified atom stereocenters. The van der Waals surface area contributed by atoms with Gasteiger partial charge >= 0.3 is 0 Å². The van der Waals surface area contributed by atoms with Crippen LogP contribution in [0, 0.1) is 22.7 Å². The fraction of sp³-hybridized carbons (Fsp3) is 0.192. The molecule has 4 nitrogen and oxygen atoms in total. The van der Waals surface area contributed by atoms with Crippen LogP contribution in [0.2, 0.25) is 0 Å². The predicted octanol–water partition coefficient (Wildman–Crippen LogP) is 4.85. The highest BCUT2D eigenvalue weighted by molar-refractivity contribution is 6.27. The number of nitriles is 2. The number of carbonyl (C=O) groups excluding carboxylic acids is 1. The minimum absolute atomic E-state index is 0.0321. The van der Waals surface area contributed by atoms with Crippen LogP contribution in [-0.2, 0) is 11.8 Å². The number of rotatable bonds is 1. The number of hydrogen-bond donors (Lipinski definition) is 0. The van der Waals surface area contributed by atoms with Crippen molar-refractivity contribution in [1.29, 1.82) is 10.5 Å². The summed E-state index contributed by atoms with van der Waals surface area (Å²) in [4.78, 5) is 15.5. The normalized spacial score (nSPS) is 20.3. The molecule has 1 aliphatic carbocycles. The predicted molar refractivity (Wildman–Crippen MR) is 116 cm³/mol. The van der Waals surface area contributed by atoms with Crippen molar-refractivity contribution in [2.75, 3.05) is 11.4 Å². The molecule has 0 bridgehead atoms. The number of carbonyl (C=O) groups is 1. The number of ketones is 1. The van der Waals surface area contributed by atoms with Gasteiger partial charge in [0.2, 0.25) is 0 Å². The zero-order valence-electron chi connectivity index (χ0n) is 16.9. The van der Waals surface area contributed by atoms with Gasteiger partial charge in [-0.3, -0.25) is 4.79 Å². The molecule has 0 radical (unpaired) electrons. The van der Waals surface area contributed by atoms with Crippen LogP contribution in [-0.4, -0.2) is 12.3 Å². The van der Waals surface area contributed by atoms with Gasteiger partial charge in [0.25, 0.3) is 0 Å². The van der Waals surface area contributed by atoms with E-state index in [0.29, 0.717) is 22.3 Å². The maximum absolute atomic E-state index is 13.1. The van der Waals surface area contributed by atoms with E-state index < -0.39 is 0 Å². The summed E-state index contributed by atoms with van der Waals surface area (Å²) in [6, 6.07) is 17.6. The molecular weight excluding hydrogens is 370 g/mol. The Labute approximate surface area is 175 Å². The number of para-hydroxylation sites is 1. The summed E-state index contributed by atoms with van der Waals surface area (Å²) in [5, 5.41) is 19.0. The van der Waals surface area contributed by atoms with E-state index in [-0.39, 0.29) is 16.8 Å². The summed E-state index contributed by atoms with van der Waals surface area (Å²) in [7, 11) is 0. The molecular formula is C26H19N3O. The standard InChI is InChI=1S/C26H19N3O/c1-26(2)21-9-5-6-16-12-13-29(24(16)21)22(26)11-10-20-23(17(14-27)15-28)18-7-3-4-8-19(18)25(20)30/h3-11H,12-13H2,1-2H3/b20-10+,22-11+. The average molecular weight is 389 g/mol. The molecule has 2 aromatic carbocycles. The Balaban J connectivity index is 1.69. The topological polar surface area (TPSA) is 67.9 Å². The summed E-state index contributed by atoms with van der Waals surface area (Å²) < 4.78 is 0. The third kappa shape index (κ3) is 2.28. The maximum Gasteiger partial charge on any atom is 0.194 e. The first-order valence-electron chi connectivity index (χ1n) is 10.0. The minimum atomic E-state index is -0.186. The highest BCUT2D eigenvalue weighted by atomic mass is 16.1. The molecule has 2 heterocycles. The molecule has 0 amide bonds. The molecule has 0 fully saturated rings. The Morgan fingerprint density at radius 2 is 1.77 bits per heavy atom. The van der Waals surface area contributed by atoms with Crippen molar-refractivity contribution in [2.24, 2.45) is 0 Å². The summed E-state index contributed by atoms with van der Waals surface area (Å²) in [5.41, 5.74) is 6.91. The Morgan fingerprint density at radius 1 is 1.03 bits per heavy atom. The molecule has 30 heavy (non-hydrogen) atoms. The molecule has 3 aliphatic rings. The monoisotopic (exact) mass is 389 g/mol. The lowest BCUT2D eigenvalue weighted by Gasteiger charge is -2.25. The van der Waals surface area contributed by atoms with Crippen molar-refractivity contribution in [3.63, 3.8) is 0 Å². The Bertz CT molecular complexity index is 1290. The van der Waals surface area contributed by atoms with Gasteiger partial charge in [-0.05, 0) is 35.3 Å². The SMILES string of the molecule is CC1(C)/C(=C\C=C2\C(=O)c3ccccc3C2=C(C#N)C#N)N2CCc3cccc1c32. The first-order chi connectivity index (χ1) is 14.5. The molecule has 0 saturated carbocycles. The van der Waals surface area contributed by atoms with Crippen molar-refractivity contribution >= 4 is 17.0 Å². The lowest BCUT2D eigenvalue weighted by atomic mass is 9.82. The van der Waals surface area contributed by atoms with Gasteiger partial charge in [-0.1, -0.05) is 56.3 Å². The summed E-state index contributed by atoms with van der Waals surface area (Å²) in [6.07, 6.45) is 4.81. The van der Waals surface area contributed by atoms with Gasteiger partial charge in [0.1, 0.15) is 17.7 Å². The smallest absolute Gasteiger partial charge is 0.194 e. The molecule has 0 saturated heterocycles. The van der Waals surface area contributed by atoms with Crippen molar-refractivity contribution in [2.45, 2.75) is 25.7 Å². The lowest BCUT2D eigenvalue weighted by molar-refractivity contribution is 0.104. The van der Waals surface area contributed by atoms with Crippen molar-refractivity contribution in [3.05, 3.63) is 93.7 Å². The molecule has 2 aliphatic heterocycles. The van der Waals surface area contributed by atoms with Gasteiger partial charge in [0, 0.05) is 40.1 Å². The van der Waals surface area contributed by atoms with Crippen LogP contribution in [0.5, 0.6) is 0 Å². The quantitative estimate of drug-likeness (QED) is 0.517. The number of fused-ring (bicyclic) bond motifs is 1. The molecule has 0 spiro atoms. The number of hydrogen-bond acceptors (Lipinski definition) is 4. The van der Waals surface area contributed by atoms with Gasteiger partial charge in [0.05, 0.1) is 0 Å². The van der Waals surface area contributed by atoms with Crippen LogP contribution in [0.4, 0.5) is 5.69 Å². The van der Waals surface area contributed by atoms with Crippen molar-refractivity contribution in [1.82, 2.24) is 0 Å². The van der Waals surface area contributed by atoms with Crippen molar-refractivity contribution in [3.8, 4) is 12.1 Å². The van der Waals surface area contributed by atoms with Crippen LogP contribution < -0.4 is 4.90 Å². The second-order valence-corrected chi connectivity index (χ2v) is 8.32. The van der Waals surface area contributed by atoms with E-state index in [9.17, 15) is 15.3 Å². The molecule has 0 atom stereocenters. The van der Waals surface area contributed by atoms with Crippen LogP contribution in [0.15, 0.2) is 71.5 Å². The van der Waals surface area contributed by atoms with Crippen LogP contribution in [0.1, 0.15) is 40.9 Å². The summed E-state index contributed by atoms with van der Waals surface area (Å²) >= 11 is 0. The summed E-state index contributed by atoms with van der Waals surface area (Å²) in [5.74, 6) is -0.143. The number of nitrogens with zero attached hydrogens (tertiary/aromatic N) is 3. The highest BCUT2D eigenvalue weighted by Crippen LogP contribution is 2.52. The molecule has 0 N–H and O–H groups in total. The fourth-order valence-electron chi connectivity index (χ4n) is 5.01. The van der Waals surface area contributed by atoms with E-state index in [4.69, 9.17) is 0 Å². The molecule has 0 aromatic heterocycles. The van der Waals surface area contributed by atoms with E-state index >= 15 is 0 Å². The molecule has 5 rings (SSSR count). The lowest BCUT2D eigenvalue weighted by Crippen LogP contribution is -2.25. The summed E-state index contributed by atoms with van der Waals surface area (Å²) in [6.45, 7) is 5.32. The maximum atomic E-state index is 13.1. The largest absolute Gasteiger partial charge is 0.343 e. The third-order valence-corrected chi connectivity index (χ3v) is 6.44. The van der Waals surface area contributed by atoms with E-state index in [1.807, 2.05) is 24.3 Å². The van der Waals surface area contributed by atoms with Gasteiger partial charge in [-0.15, -0.1) is 0 Å². The minimum Gasteiger partial charge on any atom is -0.343 e. The fourth-order valence-corrected chi connectivity index (χ4v) is 5.01. The van der Waals surface area contributed by atoms with E-state index in [0.717, 1.165) is 18.7 Å². The number of allylic oxidation sites excluding steroid dienone is 6. The number of benzene rings is 2. The Hall–Kier alpha value is -3.89. The molecule has 144 valence electrons. The Morgan fingerprint density at radius 3 is 2.50 bits per heavy atom. The second-order valence-electron chi connectivity index (χ2n) is 8.32. The average Bonchev–Trinajstić information content (AvgIpc) is 3.36. The zero-order valence-corrected chi connectivity index (χ0v) is 16.9. The van der Waals surface area contributed by atoms with Gasteiger partial charge < -0.3 is 4.90 Å². The number of anilines is 1. The second kappa shape index (κ2) is 6.31.